The van der Waals surface area contributed by atoms with Crippen LogP contribution in [-0.4, -0.2) is 33.1 Å². The lowest BCUT2D eigenvalue weighted by Crippen LogP contribution is -2.34. The lowest BCUT2D eigenvalue weighted by molar-refractivity contribution is -0.119. The predicted molar refractivity (Wildman–Crippen MR) is 79.5 cm³/mol. The number of aromatic amines is 1. The molecule has 106 valence electrons. The van der Waals surface area contributed by atoms with E-state index < -0.39 is 0 Å². The molecule has 6 heteroatoms. The molecule has 1 atom stereocenters. The summed E-state index contributed by atoms with van der Waals surface area (Å²) in [7, 11) is 0. The number of hydrogen-bond donors (Lipinski definition) is 2. The number of rotatable bonds is 7. The van der Waals surface area contributed by atoms with Crippen molar-refractivity contribution in [2.75, 3.05) is 5.75 Å². The average molecular weight is 290 g/mol. The van der Waals surface area contributed by atoms with E-state index in [1.165, 1.54) is 17.3 Å². The first-order valence-corrected chi connectivity index (χ1v) is 7.54. The highest BCUT2D eigenvalue weighted by atomic mass is 32.2. The zero-order chi connectivity index (χ0) is 14.2. The summed E-state index contributed by atoms with van der Waals surface area (Å²) in [6, 6.07) is 10.5. The van der Waals surface area contributed by atoms with Crippen LogP contribution in [0.4, 0.5) is 0 Å². The van der Waals surface area contributed by atoms with Crippen molar-refractivity contribution in [2.24, 2.45) is 0 Å². The number of aromatic nitrogens is 3. The molecule has 0 saturated heterocycles. The number of hydrogen-bond acceptors (Lipinski definition) is 4. The highest BCUT2D eigenvalue weighted by molar-refractivity contribution is 7.99. The molecule has 0 radical (unpaired) electrons. The van der Waals surface area contributed by atoms with E-state index >= 15 is 0 Å². The molecule has 2 N–H and O–H groups in total. The minimum absolute atomic E-state index is 0.0264. The van der Waals surface area contributed by atoms with Crippen LogP contribution >= 0.6 is 11.8 Å². The van der Waals surface area contributed by atoms with Crippen molar-refractivity contribution < 1.29 is 4.79 Å². The zero-order valence-electron chi connectivity index (χ0n) is 11.4. The SMILES string of the molecule is CC(CCc1ccccc1)NC(=O)CSc1cn[nH]n1. The predicted octanol–water partition coefficient (Wildman–Crippen LogP) is 2.03. The summed E-state index contributed by atoms with van der Waals surface area (Å²) < 4.78 is 0. The molecule has 0 aliphatic heterocycles. The molecule has 1 aromatic heterocycles. The van der Waals surface area contributed by atoms with Gasteiger partial charge in [0.15, 0.2) is 0 Å². The first-order chi connectivity index (χ1) is 9.74. The molecule has 0 saturated carbocycles. The van der Waals surface area contributed by atoms with Crippen molar-refractivity contribution in [1.29, 1.82) is 0 Å². The molecule has 0 aliphatic rings. The normalized spacial score (nSPS) is 12.1. The van der Waals surface area contributed by atoms with Gasteiger partial charge >= 0.3 is 0 Å². The number of H-pyrrole nitrogens is 1. The number of carbonyl (C=O) groups is 1. The summed E-state index contributed by atoms with van der Waals surface area (Å²) in [5.41, 5.74) is 1.30. The number of carbonyl (C=O) groups excluding carboxylic acids is 1. The fourth-order valence-corrected chi connectivity index (χ4v) is 2.41. The fourth-order valence-electron chi connectivity index (χ4n) is 1.82. The first kappa shape index (κ1) is 14.6. The van der Waals surface area contributed by atoms with Crippen molar-refractivity contribution in [1.82, 2.24) is 20.7 Å². The van der Waals surface area contributed by atoms with Gasteiger partial charge in [-0.15, -0.1) is 5.10 Å². The monoisotopic (exact) mass is 290 g/mol. The Bertz CT molecular complexity index is 515. The number of nitrogens with zero attached hydrogens (tertiary/aromatic N) is 2. The van der Waals surface area contributed by atoms with Crippen LogP contribution < -0.4 is 5.32 Å². The minimum atomic E-state index is 0.0264. The second kappa shape index (κ2) is 7.69. The zero-order valence-corrected chi connectivity index (χ0v) is 12.2. The summed E-state index contributed by atoms with van der Waals surface area (Å²) in [6.45, 7) is 2.03. The maximum Gasteiger partial charge on any atom is 0.230 e. The summed E-state index contributed by atoms with van der Waals surface area (Å²) >= 11 is 1.37. The van der Waals surface area contributed by atoms with E-state index in [2.05, 4.69) is 32.9 Å². The highest BCUT2D eigenvalue weighted by Crippen LogP contribution is 2.12. The van der Waals surface area contributed by atoms with E-state index in [0.29, 0.717) is 5.75 Å². The van der Waals surface area contributed by atoms with Gasteiger partial charge in [-0.25, -0.2) is 0 Å². The molecule has 1 aromatic carbocycles. The van der Waals surface area contributed by atoms with Gasteiger partial charge in [0.25, 0.3) is 0 Å². The molecular weight excluding hydrogens is 272 g/mol. The van der Waals surface area contributed by atoms with Crippen LogP contribution in [0.1, 0.15) is 18.9 Å². The lowest BCUT2D eigenvalue weighted by atomic mass is 10.1. The number of amides is 1. The Labute approximate surface area is 122 Å². The van der Waals surface area contributed by atoms with Gasteiger partial charge in [0, 0.05) is 6.04 Å². The van der Waals surface area contributed by atoms with Crippen LogP contribution in [0.25, 0.3) is 0 Å². The minimum Gasteiger partial charge on any atom is -0.353 e. The fraction of sp³-hybridized carbons (Fsp3) is 0.357. The van der Waals surface area contributed by atoms with E-state index in [9.17, 15) is 4.79 Å². The van der Waals surface area contributed by atoms with E-state index in [0.717, 1.165) is 17.9 Å². The number of nitrogens with one attached hydrogen (secondary N) is 2. The third-order valence-electron chi connectivity index (χ3n) is 2.86. The molecule has 0 spiro atoms. The molecule has 5 nitrogen and oxygen atoms in total. The third kappa shape index (κ3) is 5.05. The molecule has 0 bridgehead atoms. The van der Waals surface area contributed by atoms with Gasteiger partial charge in [0.1, 0.15) is 5.03 Å². The van der Waals surface area contributed by atoms with Crippen LogP contribution in [0.5, 0.6) is 0 Å². The lowest BCUT2D eigenvalue weighted by Gasteiger charge is -2.13. The van der Waals surface area contributed by atoms with Gasteiger partial charge in [-0.2, -0.15) is 10.3 Å². The van der Waals surface area contributed by atoms with Crippen LogP contribution in [0.15, 0.2) is 41.6 Å². The van der Waals surface area contributed by atoms with Crippen molar-refractivity contribution >= 4 is 17.7 Å². The molecule has 1 unspecified atom stereocenters. The highest BCUT2D eigenvalue weighted by Gasteiger charge is 2.09. The van der Waals surface area contributed by atoms with Crippen molar-refractivity contribution in [2.45, 2.75) is 30.8 Å². The maximum atomic E-state index is 11.8. The molecule has 0 fully saturated rings. The standard InChI is InChI=1S/C14H18N4OS/c1-11(7-8-12-5-3-2-4-6-12)16-13(19)10-20-14-9-15-18-17-14/h2-6,9,11H,7-8,10H2,1H3,(H,16,19)(H,15,17,18). The summed E-state index contributed by atoms with van der Waals surface area (Å²) in [6.07, 6.45) is 3.51. The van der Waals surface area contributed by atoms with Crippen molar-refractivity contribution in [3.8, 4) is 0 Å². The summed E-state index contributed by atoms with van der Waals surface area (Å²) in [5.74, 6) is 0.390. The quantitative estimate of drug-likeness (QED) is 0.766. The van der Waals surface area contributed by atoms with Gasteiger partial charge in [-0.1, -0.05) is 42.1 Å². The second-order valence-corrected chi connectivity index (χ2v) is 5.59. The third-order valence-corrected chi connectivity index (χ3v) is 3.76. The Morgan fingerprint density at radius 2 is 2.20 bits per heavy atom. The number of thioether (sulfide) groups is 1. The van der Waals surface area contributed by atoms with E-state index in [4.69, 9.17) is 0 Å². The topological polar surface area (TPSA) is 70.7 Å². The summed E-state index contributed by atoms with van der Waals surface area (Å²) in [4.78, 5) is 11.8. The number of benzene rings is 1. The summed E-state index contributed by atoms with van der Waals surface area (Å²) in [5, 5.41) is 13.8. The van der Waals surface area contributed by atoms with Crippen molar-refractivity contribution in [3.05, 3.63) is 42.1 Å². The molecule has 1 amide bonds. The Hall–Kier alpha value is -1.82. The van der Waals surface area contributed by atoms with E-state index in [-0.39, 0.29) is 11.9 Å². The Morgan fingerprint density at radius 3 is 2.90 bits per heavy atom. The largest absolute Gasteiger partial charge is 0.353 e. The van der Waals surface area contributed by atoms with Gasteiger partial charge < -0.3 is 5.32 Å². The van der Waals surface area contributed by atoms with Crippen LogP contribution in [0, 0.1) is 0 Å². The van der Waals surface area contributed by atoms with Crippen LogP contribution in [0.3, 0.4) is 0 Å². The first-order valence-electron chi connectivity index (χ1n) is 6.56. The van der Waals surface area contributed by atoms with Gasteiger partial charge in [0.2, 0.25) is 5.91 Å². The Balaban J connectivity index is 1.66. The average Bonchev–Trinajstić information content (AvgIpc) is 2.97. The van der Waals surface area contributed by atoms with E-state index in [1.54, 1.807) is 6.20 Å². The van der Waals surface area contributed by atoms with Crippen LogP contribution in [-0.2, 0) is 11.2 Å². The van der Waals surface area contributed by atoms with Gasteiger partial charge in [0.05, 0.1) is 11.9 Å². The van der Waals surface area contributed by atoms with Gasteiger partial charge in [-0.3, -0.25) is 4.79 Å². The molecule has 20 heavy (non-hydrogen) atoms. The molecular formula is C14H18N4OS. The molecule has 1 heterocycles. The van der Waals surface area contributed by atoms with Crippen LogP contribution in [0.2, 0.25) is 0 Å². The number of aryl methyl sites for hydroxylation is 1. The van der Waals surface area contributed by atoms with Crippen molar-refractivity contribution in [3.63, 3.8) is 0 Å². The van der Waals surface area contributed by atoms with E-state index in [1.807, 2.05) is 25.1 Å². The molecule has 2 aromatic rings. The Kier molecular flexibility index (Phi) is 5.61. The maximum absolute atomic E-state index is 11.8. The molecule has 0 aliphatic carbocycles. The molecule has 2 rings (SSSR count). The second-order valence-electron chi connectivity index (χ2n) is 4.59. The Morgan fingerprint density at radius 1 is 1.40 bits per heavy atom. The van der Waals surface area contributed by atoms with Gasteiger partial charge in [-0.05, 0) is 25.3 Å². The smallest absolute Gasteiger partial charge is 0.230 e.